The smallest absolute Gasteiger partial charge is 0.0714 e. The second kappa shape index (κ2) is 14.0. The highest BCUT2D eigenvalue weighted by Gasteiger charge is 2.46. The summed E-state index contributed by atoms with van der Waals surface area (Å²) in [7, 11) is 0. The van der Waals surface area contributed by atoms with Gasteiger partial charge in [0, 0.05) is 42.6 Å². The summed E-state index contributed by atoms with van der Waals surface area (Å²) in [6, 6.07) is 59.7. The Bertz CT molecular complexity index is 4030. The molecular weight excluding hydrogens is 791 g/mol. The minimum Gasteiger partial charge on any atom is -0.310 e. The van der Waals surface area contributed by atoms with E-state index in [1.54, 1.807) is 11.3 Å². The molecule has 0 fully saturated rings. The molecule has 0 spiro atoms. The van der Waals surface area contributed by atoms with Crippen molar-refractivity contribution in [2.45, 2.75) is 24.7 Å². The lowest BCUT2D eigenvalue weighted by Crippen LogP contribution is -2.28. The van der Waals surface area contributed by atoms with Gasteiger partial charge in [0.1, 0.15) is 0 Å². The van der Waals surface area contributed by atoms with E-state index in [0.29, 0.717) is 28.1 Å². The lowest BCUT2D eigenvalue weighted by atomic mass is 9.67. The van der Waals surface area contributed by atoms with E-state index in [2.05, 4.69) is 123 Å². The van der Waals surface area contributed by atoms with E-state index in [-0.39, 0.29) is 58.0 Å². The molecule has 0 amide bonds. The Hall–Kier alpha value is -7.52. The van der Waals surface area contributed by atoms with Gasteiger partial charge in [-0.25, -0.2) is 0 Å². The third kappa shape index (κ3) is 5.24. The topological polar surface area (TPSA) is 3.24 Å². The van der Waals surface area contributed by atoms with Gasteiger partial charge in [-0.3, -0.25) is 0 Å². The molecule has 0 unspecified atom stereocenters. The standard InChI is InChI=1S/C62H43NS/c1-61(2)55-29-13-11-25-49(55)51-35-32-45(38-57(51)61)63(44-23-15-18-41(37-44)48-27-16-28-53-54-34-31-40-17-9-10-24-47(40)59(54)64-60(48)53)46-33-36-52-50-26-12-14-30-56(50)62(58(52)39-46,42-19-5-3-6-20-42)43-21-7-4-8-22-43/h3-39H,1-2H3/i12D,14D,26D,30D,33D,36D,39D. The molecule has 1 aromatic heterocycles. The minimum absolute atomic E-state index is 0.0475. The summed E-state index contributed by atoms with van der Waals surface area (Å²) in [5.74, 6) is 0. The Kier molecular flexibility index (Phi) is 6.67. The van der Waals surface area contributed by atoms with Gasteiger partial charge in [-0.1, -0.05) is 202 Å². The molecule has 0 N–H and O–H groups in total. The number of fused-ring (bicyclic) bond motifs is 11. The molecule has 0 radical (unpaired) electrons. The third-order valence-corrected chi connectivity index (χ3v) is 15.0. The second-order valence-electron chi connectivity index (χ2n) is 17.4. The van der Waals surface area contributed by atoms with Crippen LogP contribution in [-0.2, 0) is 10.8 Å². The molecule has 0 atom stereocenters. The van der Waals surface area contributed by atoms with Crippen molar-refractivity contribution in [3.05, 3.63) is 258 Å². The zero-order valence-corrected chi connectivity index (χ0v) is 36.0. The molecule has 10 aromatic carbocycles. The molecule has 0 saturated heterocycles. The lowest BCUT2D eigenvalue weighted by Gasteiger charge is -2.35. The number of hydrogen-bond acceptors (Lipinski definition) is 2. The van der Waals surface area contributed by atoms with E-state index >= 15 is 0 Å². The number of thiophene rings is 1. The molecule has 302 valence electrons. The van der Waals surface area contributed by atoms with E-state index in [4.69, 9.17) is 2.74 Å². The molecule has 2 aliphatic rings. The van der Waals surface area contributed by atoms with Crippen LogP contribution in [0.1, 0.15) is 56.8 Å². The van der Waals surface area contributed by atoms with Crippen molar-refractivity contribution < 1.29 is 9.60 Å². The van der Waals surface area contributed by atoms with Gasteiger partial charge in [-0.15, -0.1) is 11.3 Å². The van der Waals surface area contributed by atoms with E-state index in [1.807, 2.05) is 77.7 Å². The molecule has 1 nitrogen and oxygen atoms in total. The zero-order chi connectivity index (χ0) is 48.7. The molecule has 0 saturated carbocycles. The van der Waals surface area contributed by atoms with Gasteiger partial charge in [-0.05, 0) is 114 Å². The summed E-state index contributed by atoms with van der Waals surface area (Å²) in [6.45, 7) is 4.46. The molecule has 64 heavy (non-hydrogen) atoms. The fourth-order valence-corrected chi connectivity index (χ4v) is 12.2. The maximum absolute atomic E-state index is 10.8. The van der Waals surface area contributed by atoms with Crippen molar-refractivity contribution in [2.75, 3.05) is 4.90 Å². The highest BCUT2D eigenvalue weighted by molar-refractivity contribution is 7.27. The van der Waals surface area contributed by atoms with Crippen molar-refractivity contribution in [2.24, 2.45) is 0 Å². The van der Waals surface area contributed by atoms with Gasteiger partial charge in [0.05, 0.1) is 15.0 Å². The van der Waals surface area contributed by atoms with Crippen LogP contribution in [0.5, 0.6) is 0 Å². The molecular formula is C62H43NS. The van der Waals surface area contributed by atoms with E-state index < -0.39 is 17.5 Å². The number of hydrogen-bond donors (Lipinski definition) is 0. The predicted octanol–water partition coefficient (Wildman–Crippen LogP) is 17.0. The monoisotopic (exact) mass is 840 g/mol. The average molecular weight is 841 g/mol. The SMILES string of the molecule is [2H]c1c([2H])c([2H])c2c(c1[2H])-c1c([2H])c([2H])c(N(c3cccc(-c4cccc5c4sc4c6ccccc6ccc54)c3)c3ccc4c(c3)C(C)(C)c3ccccc3-4)c([2H])c1C2(c1ccccc1)c1ccccc1. The van der Waals surface area contributed by atoms with Gasteiger partial charge in [0.2, 0.25) is 0 Å². The van der Waals surface area contributed by atoms with Crippen molar-refractivity contribution in [3.63, 3.8) is 0 Å². The number of rotatable bonds is 6. The van der Waals surface area contributed by atoms with Gasteiger partial charge in [-0.2, -0.15) is 0 Å². The first-order valence-corrected chi connectivity index (χ1v) is 22.6. The first-order valence-electron chi connectivity index (χ1n) is 25.3. The van der Waals surface area contributed by atoms with Gasteiger partial charge in [0.25, 0.3) is 0 Å². The van der Waals surface area contributed by atoms with Crippen molar-refractivity contribution in [3.8, 4) is 33.4 Å². The quantitative estimate of drug-likeness (QED) is 0.161. The Morgan fingerprint density at radius 1 is 0.422 bits per heavy atom. The normalized spacial score (nSPS) is 15.6. The van der Waals surface area contributed by atoms with Crippen LogP contribution in [0.3, 0.4) is 0 Å². The summed E-state index contributed by atoms with van der Waals surface area (Å²) < 4.78 is 70.7. The van der Waals surface area contributed by atoms with Crippen LogP contribution in [0.2, 0.25) is 0 Å². The van der Waals surface area contributed by atoms with Crippen LogP contribution in [0.4, 0.5) is 17.1 Å². The number of anilines is 3. The maximum Gasteiger partial charge on any atom is 0.0714 e. The van der Waals surface area contributed by atoms with E-state index in [1.165, 1.54) is 37.4 Å². The minimum atomic E-state index is -1.48. The zero-order valence-electron chi connectivity index (χ0n) is 42.2. The van der Waals surface area contributed by atoms with Crippen molar-refractivity contribution in [1.29, 1.82) is 0 Å². The van der Waals surface area contributed by atoms with E-state index in [9.17, 15) is 6.85 Å². The highest BCUT2D eigenvalue weighted by atomic mass is 32.1. The summed E-state index contributed by atoms with van der Waals surface area (Å²) >= 11 is 1.79. The largest absolute Gasteiger partial charge is 0.310 e. The summed E-state index contributed by atoms with van der Waals surface area (Å²) in [5.41, 5.74) is 8.60. The third-order valence-electron chi connectivity index (χ3n) is 13.8. The van der Waals surface area contributed by atoms with Crippen molar-refractivity contribution in [1.82, 2.24) is 0 Å². The number of nitrogens with zero attached hydrogens (tertiary/aromatic N) is 1. The van der Waals surface area contributed by atoms with E-state index in [0.717, 1.165) is 27.0 Å². The summed E-state index contributed by atoms with van der Waals surface area (Å²) in [4.78, 5) is 1.96. The first kappa shape index (κ1) is 30.5. The summed E-state index contributed by atoms with van der Waals surface area (Å²) in [5, 5.41) is 4.77. The Labute approximate surface area is 388 Å². The lowest BCUT2D eigenvalue weighted by molar-refractivity contribution is 0.660. The van der Waals surface area contributed by atoms with Crippen LogP contribution >= 0.6 is 11.3 Å². The molecule has 11 aromatic rings. The van der Waals surface area contributed by atoms with Gasteiger partial charge >= 0.3 is 0 Å². The molecule has 2 heteroatoms. The molecule has 1 heterocycles. The van der Waals surface area contributed by atoms with Crippen molar-refractivity contribution >= 4 is 59.3 Å². The summed E-state index contributed by atoms with van der Waals surface area (Å²) in [6.07, 6.45) is 0. The molecule has 0 aliphatic heterocycles. The Balaban J connectivity index is 1.13. The molecule has 13 rings (SSSR count). The maximum atomic E-state index is 10.8. The molecule has 2 aliphatic carbocycles. The highest BCUT2D eigenvalue weighted by Crippen LogP contribution is 2.58. The van der Waals surface area contributed by atoms with Crippen LogP contribution in [0.15, 0.2) is 224 Å². The fourth-order valence-electron chi connectivity index (χ4n) is 10.8. The Morgan fingerprint density at radius 3 is 1.92 bits per heavy atom. The first-order chi connectivity index (χ1) is 34.4. The average Bonchev–Trinajstić information content (AvgIpc) is 4.03. The van der Waals surface area contributed by atoms with Crippen LogP contribution in [-0.4, -0.2) is 0 Å². The van der Waals surface area contributed by atoms with Gasteiger partial charge in [0.15, 0.2) is 0 Å². The molecule has 0 bridgehead atoms. The van der Waals surface area contributed by atoms with Gasteiger partial charge < -0.3 is 4.90 Å². The fraction of sp³-hybridized carbons (Fsp3) is 0.0645. The predicted molar refractivity (Wildman–Crippen MR) is 272 cm³/mol. The number of benzene rings is 10. The van der Waals surface area contributed by atoms with Crippen LogP contribution in [0.25, 0.3) is 64.3 Å². The van der Waals surface area contributed by atoms with Crippen LogP contribution in [0, 0.1) is 0 Å². The Morgan fingerprint density at radius 2 is 1.08 bits per heavy atom. The second-order valence-corrected chi connectivity index (χ2v) is 18.5. The van der Waals surface area contributed by atoms with Crippen LogP contribution < -0.4 is 4.90 Å².